The third-order valence-electron chi connectivity index (χ3n) is 5.93. The van der Waals surface area contributed by atoms with Crippen molar-refractivity contribution in [2.75, 3.05) is 5.75 Å². The molecule has 1 aliphatic carbocycles. The number of nitrogens with zero attached hydrogens (tertiary/aromatic N) is 4. The lowest BCUT2D eigenvalue weighted by molar-refractivity contribution is 0.439. The van der Waals surface area contributed by atoms with Gasteiger partial charge >= 0.3 is 0 Å². The molecule has 0 fully saturated rings. The van der Waals surface area contributed by atoms with Crippen LogP contribution in [0.25, 0.3) is 17.0 Å². The number of benzene rings is 1. The zero-order chi connectivity index (χ0) is 19.9. The van der Waals surface area contributed by atoms with Crippen LogP contribution >= 0.6 is 11.8 Å². The molecule has 5 nitrogen and oxygen atoms in total. The summed E-state index contributed by atoms with van der Waals surface area (Å²) in [6.45, 7) is 9.40. The molecule has 0 saturated carbocycles. The van der Waals surface area contributed by atoms with Crippen LogP contribution in [0.5, 0.6) is 0 Å². The number of aryl methyl sites for hydroxylation is 1. The second-order valence-corrected chi connectivity index (χ2v) is 9.05. The summed E-state index contributed by atoms with van der Waals surface area (Å²) in [7, 11) is 0. The van der Waals surface area contributed by atoms with Crippen LogP contribution < -0.4 is 5.56 Å². The van der Waals surface area contributed by atoms with Gasteiger partial charge in [0.05, 0.1) is 11.3 Å². The number of thioether (sulfide) groups is 1. The second kappa shape index (κ2) is 7.39. The summed E-state index contributed by atoms with van der Waals surface area (Å²) in [5.41, 5.74) is 3.90. The first-order valence-electron chi connectivity index (χ1n) is 10.3. The van der Waals surface area contributed by atoms with Gasteiger partial charge in [0, 0.05) is 17.5 Å². The fraction of sp³-hybridized carbons (Fsp3) is 0.500. The fourth-order valence-electron chi connectivity index (χ4n) is 4.18. The molecule has 0 saturated heterocycles. The summed E-state index contributed by atoms with van der Waals surface area (Å²) >= 11 is 1.61. The van der Waals surface area contributed by atoms with Gasteiger partial charge in [0.15, 0.2) is 5.16 Å². The van der Waals surface area contributed by atoms with Crippen LogP contribution in [0.4, 0.5) is 0 Å². The van der Waals surface area contributed by atoms with Crippen molar-refractivity contribution in [2.24, 2.45) is 0 Å². The van der Waals surface area contributed by atoms with Crippen molar-refractivity contribution in [3.63, 3.8) is 0 Å². The average molecular weight is 397 g/mol. The number of hydrogen-bond donors (Lipinski definition) is 0. The third kappa shape index (κ3) is 2.89. The minimum Gasteiger partial charge on any atom is -0.268 e. The van der Waals surface area contributed by atoms with E-state index in [1.165, 1.54) is 5.56 Å². The van der Waals surface area contributed by atoms with Gasteiger partial charge in [0.1, 0.15) is 0 Å². The van der Waals surface area contributed by atoms with E-state index < -0.39 is 0 Å². The summed E-state index contributed by atoms with van der Waals surface area (Å²) in [4.78, 5) is 18.9. The van der Waals surface area contributed by atoms with E-state index in [1.54, 1.807) is 16.2 Å². The van der Waals surface area contributed by atoms with Crippen LogP contribution in [0.1, 0.15) is 58.1 Å². The van der Waals surface area contributed by atoms with Gasteiger partial charge in [0.25, 0.3) is 5.56 Å². The Kier molecular flexibility index (Phi) is 5.08. The van der Waals surface area contributed by atoms with E-state index in [-0.39, 0.29) is 11.0 Å². The van der Waals surface area contributed by atoms with Crippen molar-refractivity contribution in [3.8, 4) is 11.3 Å². The standard InChI is InChI=1S/C22H28N4OS/c1-5-8-13-25-20-23-18-16-12-10-9-11-15(16)14-22(4,6-2)17(18)19(27)26(20)21(24-25)28-7-3/h9-12H,5-8,13-14H2,1-4H3. The SMILES string of the molecule is CCCCn1nc(SCC)n2c(=O)c3c(nc12)-c1ccccc1CC3(C)CC. The van der Waals surface area contributed by atoms with E-state index in [1.807, 2.05) is 10.7 Å². The summed E-state index contributed by atoms with van der Waals surface area (Å²) in [6.07, 6.45) is 3.87. The Balaban J connectivity index is 2.08. The van der Waals surface area contributed by atoms with Crippen molar-refractivity contribution in [1.29, 1.82) is 0 Å². The number of hydrogen-bond acceptors (Lipinski definition) is 4. The van der Waals surface area contributed by atoms with Gasteiger partial charge < -0.3 is 0 Å². The molecule has 0 amide bonds. The Bertz CT molecular complexity index is 1080. The van der Waals surface area contributed by atoms with Gasteiger partial charge in [-0.1, -0.05) is 70.1 Å². The molecule has 0 N–H and O–H groups in total. The smallest absolute Gasteiger partial charge is 0.265 e. The maximum atomic E-state index is 13.8. The first-order chi connectivity index (χ1) is 13.5. The molecule has 2 aromatic heterocycles. The van der Waals surface area contributed by atoms with Crippen molar-refractivity contribution < 1.29 is 0 Å². The highest BCUT2D eigenvalue weighted by atomic mass is 32.2. The Morgan fingerprint density at radius 1 is 1.21 bits per heavy atom. The Hall–Kier alpha value is -2.08. The van der Waals surface area contributed by atoms with Crippen LogP contribution in [-0.2, 0) is 18.4 Å². The van der Waals surface area contributed by atoms with Gasteiger partial charge in [-0.05, 0) is 30.6 Å². The van der Waals surface area contributed by atoms with Crippen molar-refractivity contribution in [3.05, 3.63) is 45.7 Å². The van der Waals surface area contributed by atoms with Crippen LogP contribution in [-0.4, -0.2) is 24.9 Å². The summed E-state index contributed by atoms with van der Waals surface area (Å²) in [6, 6.07) is 8.38. The molecule has 28 heavy (non-hydrogen) atoms. The summed E-state index contributed by atoms with van der Waals surface area (Å²) in [5.74, 6) is 1.54. The molecule has 1 aromatic carbocycles. The molecule has 0 radical (unpaired) electrons. The predicted octanol–water partition coefficient (Wildman–Crippen LogP) is 4.69. The van der Waals surface area contributed by atoms with E-state index in [4.69, 9.17) is 10.1 Å². The highest BCUT2D eigenvalue weighted by Crippen LogP contribution is 2.42. The highest BCUT2D eigenvalue weighted by Gasteiger charge is 2.38. The van der Waals surface area contributed by atoms with Crippen LogP contribution in [0.3, 0.4) is 0 Å². The monoisotopic (exact) mass is 396 g/mol. The molecule has 1 unspecified atom stereocenters. The zero-order valence-electron chi connectivity index (χ0n) is 17.2. The zero-order valence-corrected chi connectivity index (χ0v) is 18.0. The molecule has 148 valence electrons. The van der Waals surface area contributed by atoms with Crippen molar-refractivity contribution >= 4 is 17.5 Å². The van der Waals surface area contributed by atoms with Gasteiger partial charge in [-0.3, -0.25) is 4.79 Å². The normalized spacial score (nSPS) is 18.3. The maximum Gasteiger partial charge on any atom is 0.265 e. The minimum absolute atomic E-state index is 0.0533. The molecule has 1 atom stereocenters. The Morgan fingerprint density at radius 3 is 2.71 bits per heavy atom. The van der Waals surface area contributed by atoms with E-state index in [9.17, 15) is 4.79 Å². The molecule has 2 heterocycles. The van der Waals surface area contributed by atoms with Crippen molar-refractivity contribution in [2.45, 2.75) is 70.5 Å². The third-order valence-corrected chi connectivity index (χ3v) is 6.74. The highest BCUT2D eigenvalue weighted by molar-refractivity contribution is 7.99. The molecule has 0 bridgehead atoms. The number of aromatic nitrogens is 4. The fourth-order valence-corrected chi connectivity index (χ4v) is 4.89. The molecule has 1 aliphatic rings. The van der Waals surface area contributed by atoms with E-state index in [0.29, 0.717) is 5.78 Å². The number of unbranched alkanes of at least 4 members (excludes halogenated alkanes) is 1. The van der Waals surface area contributed by atoms with Gasteiger partial charge in [0.2, 0.25) is 5.78 Å². The van der Waals surface area contributed by atoms with Gasteiger partial charge in [-0.25, -0.2) is 14.1 Å². The van der Waals surface area contributed by atoms with Crippen LogP contribution in [0, 0.1) is 0 Å². The number of rotatable bonds is 6. The van der Waals surface area contributed by atoms with E-state index >= 15 is 0 Å². The van der Waals surface area contributed by atoms with Crippen molar-refractivity contribution in [1.82, 2.24) is 19.2 Å². The minimum atomic E-state index is -0.214. The molecule has 0 spiro atoms. The van der Waals surface area contributed by atoms with Gasteiger partial charge in [-0.2, -0.15) is 0 Å². The van der Waals surface area contributed by atoms with E-state index in [0.717, 1.165) is 60.0 Å². The maximum absolute atomic E-state index is 13.8. The lowest BCUT2D eigenvalue weighted by Crippen LogP contribution is -2.37. The Morgan fingerprint density at radius 2 is 2.00 bits per heavy atom. The molecular formula is C22H28N4OS. The molecule has 0 aliphatic heterocycles. The van der Waals surface area contributed by atoms with Gasteiger partial charge in [-0.15, -0.1) is 5.10 Å². The summed E-state index contributed by atoms with van der Waals surface area (Å²) < 4.78 is 3.67. The second-order valence-electron chi connectivity index (χ2n) is 7.82. The predicted molar refractivity (Wildman–Crippen MR) is 115 cm³/mol. The first-order valence-corrected chi connectivity index (χ1v) is 11.3. The lowest BCUT2D eigenvalue weighted by Gasteiger charge is -2.35. The number of fused-ring (bicyclic) bond motifs is 4. The van der Waals surface area contributed by atoms with Crippen LogP contribution in [0.15, 0.2) is 34.2 Å². The Labute approximate surface area is 170 Å². The molecule has 4 rings (SSSR count). The quantitative estimate of drug-likeness (QED) is 0.567. The molecule has 3 aromatic rings. The van der Waals surface area contributed by atoms with Crippen LogP contribution in [0.2, 0.25) is 0 Å². The lowest BCUT2D eigenvalue weighted by atomic mass is 9.69. The largest absolute Gasteiger partial charge is 0.268 e. The topological polar surface area (TPSA) is 52.2 Å². The first kappa shape index (κ1) is 19.2. The summed E-state index contributed by atoms with van der Waals surface area (Å²) in [5, 5.41) is 5.51. The van der Waals surface area contributed by atoms with E-state index in [2.05, 4.69) is 45.9 Å². The molecule has 6 heteroatoms. The molecular weight excluding hydrogens is 368 g/mol. The average Bonchev–Trinajstić information content (AvgIpc) is 3.04.